The largest absolute Gasteiger partial charge is 0.376 e. The third-order valence-electron chi connectivity index (χ3n) is 3.68. The Bertz CT molecular complexity index is 475. The van der Waals surface area contributed by atoms with E-state index < -0.39 is 0 Å². The Morgan fingerprint density at radius 3 is 3.00 bits per heavy atom. The Balaban J connectivity index is 1.56. The van der Waals surface area contributed by atoms with Crippen LogP contribution in [0.4, 0.5) is 5.13 Å². The molecule has 7 heteroatoms. The van der Waals surface area contributed by atoms with E-state index in [4.69, 9.17) is 4.74 Å². The molecule has 3 rings (SSSR count). The molecular weight excluding hydrogens is 276 g/mol. The lowest BCUT2D eigenvalue weighted by molar-refractivity contribution is 0.0729. The van der Waals surface area contributed by atoms with Crippen LogP contribution in [0.15, 0.2) is 0 Å². The highest BCUT2D eigenvalue weighted by Crippen LogP contribution is 2.38. The summed E-state index contributed by atoms with van der Waals surface area (Å²) in [4.78, 5) is 12.2. The zero-order valence-electron chi connectivity index (χ0n) is 11.6. The number of carbonyl (C=O) groups excluding carboxylic acids is 1. The second-order valence-electron chi connectivity index (χ2n) is 5.38. The Labute approximate surface area is 122 Å². The fraction of sp³-hybridized carbons (Fsp3) is 0.769. The average Bonchev–Trinajstić information content (AvgIpc) is 3.00. The highest BCUT2D eigenvalue weighted by Gasteiger charge is 2.41. The van der Waals surface area contributed by atoms with E-state index in [0.29, 0.717) is 16.1 Å². The van der Waals surface area contributed by atoms with Gasteiger partial charge in [0, 0.05) is 13.2 Å². The molecule has 2 unspecified atom stereocenters. The molecule has 0 spiro atoms. The van der Waals surface area contributed by atoms with Gasteiger partial charge in [0.1, 0.15) is 0 Å². The minimum Gasteiger partial charge on any atom is -0.376 e. The molecule has 2 aliphatic rings. The number of ether oxygens (including phenoxy) is 1. The molecule has 2 atom stereocenters. The minimum absolute atomic E-state index is 0.131. The average molecular weight is 296 g/mol. The van der Waals surface area contributed by atoms with E-state index in [0.717, 1.165) is 26.0 Å². The Kier molecular flexibility index (Phi) is 4.16. The fourth-order valence-electron chi connectivity index (χ4n) is 2.50. The van der Waals surface area contributed by atoms with Crippen molar-refractivity contribution in [1.82, 2.24) is 15.5 Å². The zero-order valence-corrected chi connectivity index (χ0v) is 12.4. The van der Waals surface area contributed by atoms with Crippen LogP contribution < -0.4 is 10.6 Å². The van der Waals surface area contributed by atoms with Crippen molar-refractivity contribution in [2.45, 2.75) is 44.8 Å². The van der Waals surface area contributed by atoms with Crippen LogP contribution in [0.3, 0.4) is 0 Å². The van der Waals surface area contributed by atoms with Gasteiger partial charge in [0.25, 0.3) is 5.91 Å². The molecule has 2 heterocycles. The first-order valence-electron chi connectivity index (χ1n) is 7.27. The molecule has 0 aromatic carbocycles. The van der Waals surface area contributed by atoms with E-state index >= 15 is 0 Å². The van der Waals surface area contributed by atoms with Gasteiger partial charge < -0.3 is 15.4 Å². The third-order valence-corrected chi connectivity index (χ3v) is 4.56. The molecule has 0 bridgehead atoms. The van der Waals surface area contributed by atoms with Crippen LogP contribution >= 0.6 is 11.3 Å². The second kappa shape index (κ2) is 6.05. The molecule has 1 aromatic heterocycles. The van der Waals surface area contributed by atoms with Crippen LogP contribution in [0.1, 0.15) is 42.4 Å². The summed E-state index contributed by atoms with van der Waals surface area (Å²) in [5.41, 5.74) is 0. The van der Waals surface area contributed by atoms with E-state index in [-0.39, 0.29) is 18.1 Å². The summed E-state index contributed by atoms with van der Waals surface area (Å²) >= 11 is 1.30. The summed E-state index contributed by atoms with van der Waals surface area (Å²) < 4.78 is 5.72. The van der Waals surface area contributed by atoms with E-state index in [2.05, 4.69) is 27.8 Å². The van der Waals surface area contributed by atoms with Crippen LogP contribution in [-0.2, 0) is 4.74 Å². The topological polar surface area (TPSA) is 76.1 Å². The number of aromatic nitrogens is 2. The monoisotopic (exact) mass is 296 g/mol. The molecule has 1 saturated carbocycles. The normalized spacial score (nSPS) is 25.6. The third kappa shape index (κ3) is 3.09. The van der Waals surface area contributed by atoms with Gasteiger partial charge in [0.05, 0.1) is 12.1 Å². The first-order valence-corrected chi connectivity index (χ1v) is 8.09. The molecule has 1 aromatic rings. The Morgan fingerprint density at radius 2 is 2.25 bits per heavy atom. The number of amides is 1. The van der Waals surface area contributed by atoms with Crippen molar-refractivity contribution in [2.24, 2.45) is 5.92 Å². The summed E-state index contributed by atoms with van der Waals surface area (Å²) in [7, 11) is 0. The molecule has 20 heavy (non-hydrogen) atoms. The Morgan fingerprint density at radius 1 is 1.40 bits per heavy atom. The highest BCUT2D eigenvalue weighted by molar-refractivity contribution is 7.17. The smallest absolute Gasteiger partial charge is 0.282 e. The minimum atomic E-state index is -0.131. The van der Waals surface area contributed by atoms with Gasteiger partial charge in [-0.2, -0.15) is 0 Å². The van der Waals surface area contributed by atoms with E-state index in [1.807, 2.05) is 0 Å². The van der Waals surface area contributed by atoms with Gasteiger partial charge in [-0.1, -0.05) is 18.3 Å². The molecule has 0 radical (unpaired) electrons. The quantitative estimate of drug-likeness (QED) is 0.835. The number of hydrogen-bond donors (Lipinski definition) is 2. The first-order chi connectivity index (χ1) is 9.78. The van der Waals surface area contributed by atoms with Gasteiger partial charge in [-0.25, -0.2) is 0 Å². The molecule has 1 amide bonds. The van der Waals surface area contributed by atoms with Crippen molar-refractivity contribution in [3.8, 4) is 0 Å². The van der Waals surface area contributed by atoms with Crippen molar-refractivity contribution in [1.29, 1.82) is 0 Å². The van der Waals surface area contributed by atoms with Crippen molar-refractivity contribution in [3.05, 3.63) is 5.01 Å². The maximum absolute atomic E-state index is 12.2. The molecule has 2 fully saturated rings. The first kappa shape index (κ1) is 13.8. The van der Waals surface area contributed by atoms with E-state index in [9.17, 15) is 4.79 Å². The maximum Gasteiger partial charge on any atom is 0.282 e. The van der Waals surface area contributed by atoms with E-state index in [1.54, 1.807) is 0 Å². The van der Waals surface area contributed by atoms with Gasteiger partial charge in [-0.15, -0.1) is 10.2 Å². The lowest BCUT2D eigenvalue weighted by Gasteiger charge is -2.18. The van der Waals surface area contributed by atoms with Crippen molar-refractivity contribution in [3.63, 3.8) is 0 Å². The molecular formula is C13H20N4O2S. The number of nitrogens with zero attached hydrogens (tertiary/aromatic N) is 2. The summed E-state index contributed by atoms with van der Waals surface area (Å²) in [6.45, 7) is 3.67. The summed E-state index contributed by atoms with van der Waals surface area (Å²) in [6, 6.07) is 0.131. The van der Waals surface area contributed by atoms with Gasteiger partial charge in [0.15, 0.2) is 0 Å². The number of carbonyl (C=O) groups is 1. The van der Waals surface area contributed by atoms with Gasteiger partial charge in [-0.05, 0) is 31.6 Å². The Hall–Kier alpha value is -1.21. The van der Waals surface area contributed by atoms with Crippen molar-refractivity contribution < 1.29 is 9.53 Å². The number of anilines is 1. The molecule has 2 N–H and O–H groups in total. The second-order valence-corrected chi connectivity index (χ2v) is 6.36. The standard InChI is InChI=1S/C13H20N4O2S/c1-2-6-14-13-17-16-12(20-13)11(18)15-9-5-7-19-10(9)8-3-4-8/h8-10H,2-7H2,1H3,(H,14,17)(H,15,18). The summed E-state index contributed by atoms with van der Waals surface area (Å²) in [6.07, 6.45) is 4.56. The van der Waals surface area contributed by atoms with Crippen molar-refractivity contribution in [2.75, 3.05) is 18.5 Å². The number of nitrogens with one attached hydrogen (secondary N) is 2. The van der Waals surface area contributed by atoms with E-state index in [1.165, 1.54) is 24.2 Å². The molecule has 110 valence electrons. The van der Waals surface area contributed by atoms with Crippen LogP contribution in [0.25, 0.3) is 0 Å². The lowest BCUT2D eigenvalue weighted by Crippen LogP contribution is -2.41. The fourth-order valence-corrected chi connectivity index (χ4v) is 3.18. The van der Waals surface area contributed by atoms with Crippen LogP contribution in [-0.4, -0.2) is 41.4 Å². The van der Waals surface area contributed by atoms with Crippen molar-refractivity contribution >= 4 is 22.4 Å². The zero-order chi connectivity index (χ0) is 13.9. The van der Waals surface area contributed by atoms with Gasteiger partial charge >= 0.3 is 0 Å². The molecule has 1 aliphatic heterocycles. The summed E-state index contributed by atoms with van der Waals surface area (Å²) in [5, 5.41) is 15.3. The predicted molar refractivity (Wildman–Crippen MR) is 77.0 cm³/mol. The lowest BCUT2D eigenvalue weighted by atomic mass is 10.1. The number of rotatable bonds is 6. The van der Waals surface area contributed by atoms with Crippen LogP contribution in [0.2, 0.25) is 0 Å². The highest BCUT2D eigenvalue weighted by atomic mass is 32.1. The van der Waals surface area contributed by atoms with Gasteiger partial charge in [-0.3, -0.25) is 4.79 Å². The van der Waals surface area contributed by atoms with Gasteiger partial charge in [0.2, 0.25) is 10.1 Å². The maximum atomic E-state index is 12.2. The molecule has 1 saturated heterocycles. The summed E-state index contributed by atoms with van der Waals surface area (Å²) in [5.74, 6) is 0.507. The number of hydrogen-bond acceptors (Lipinski definition) is 6. The molecule has 6 nitrogen and oxygen atoms in total. The molecule has 1 aliphatic carbocycles. The van der Waals surface area contributed by atoms with Crippen LogP contribution in [0, 0.1) is 5.92 Å². The predicted octanol–water partition coefficient (Wildman–Crippen LogP) is 1.66. The SMILES string of the molecule is CCCNc1nnc(C(=O)NC2CCOC2C2CC2)s1. The van der Waals surface area contributed by atoms with Crippen LogP contribution in [0.5, 0.6) is 0 Å².